The molecule has 2 fully saturated rings. The fourth-order valence-electron chi connectivity index (χ4n) is 4.76. The van der Waals surface area contributed by atoms with Gasteiger partial charge in [-0.15, -0.1) is 5.10 Å². The molecule has 0 bridgehead atoms. The number of H-pyrrole nitrogens is 1. The first-order valence-electron chi connectivity index (χ1n) is 10.9. The molecule has 31 heavy (non-hydrogen) atoms. The van der Waals surface area contributed by atoms with Crippen LogP contribution in [0.2, 0.25) is 0 Å². The van der Waals surface area contributed by atoms with Crippen LogP contribution in [-0.4, -0.2) is 69.1 Å². The number of nitrogens with zero attached hydrogens (tertiary/aromatic N) is 5. The van der Waals surface area contributed by atoms with Crippen LogP contribution in [-0.2, 0) is 16.0 Å². The number of morpholine rings is 1. The van der Waals surface area contributed by atoms with Crippen LogP contribution in [0.1, 0.15) is 41.4 Å². The lowest BCUT2D eigenvalue weighted by Gasteiger charge is -2.33. The van der Waals surface area contributed by atoms with E-state index < -0.39 is 0 Å². The number of tetrazole rings is 1. The quantitative estimate of drug-likeness (QED) is 0.666. The van der Waals surface area contributed by atoms with E-state index in [-0.39, 0.29) is 17.7 Å². The van der Waals surface area contributed by atoms with Crippen molar-refractivity contribution >= 4 is 10.9 Å². The molecule has 0 spiro atoms. The van der Waals surface area contributed by atoms with E-state index in [2.05, 4.69) is 44.5 Å². The molecule has 1 aromatic carbocycles. The van der Waals surface area contributed by atoms with Gasteiger partial charge in [0, 0.05) is 25.3 Å². The van der Waals surface area contributed by atoms with Crippen LogP contribution in [0.5, 0.6) is 0 Å². The van der Waals surface area contributed by atoms with E-state index in [4.69, 9.17) is 9.47 Å². The number of aromatic nitrogens is 5. The number of fused-ring (bicyclic) bond motifs is 1. The van der Waals surface area contributed by atoms with E-state index in [1.54, 1.807) is 4.68 Å². The minimum absolute atomic E-state index is 0.104. The molecule has 2 aliphatic heterocycles. The molecule has 2 aliphatic rings. The monoisotopic (exact) mass is 424 g/mol. The minimum Gasteiger partial charge on any atom is -0.379 e. The Labute approximate surface area is 180 Å². The molecule has 0 saturated carbocycles. The molecule has 0 amide bonds. The molecule has 1 N–H and O–H groups in total. The van der Waals surface area contributed by atoms with E-state index in [1.807, 2.05) is 13.0 Å². The molecule has 3 aromatic rings. The van der Waals surface area contributed by atoms with Crippen molar-refractivity contribution < 1.29 is 9.47 Å². The van der Waals surface area contributed by atoms with E-state index in [0.29, 0.717) is 44.2 Å². The van der Waals surface area contributed by atoms with Crippen LogP contribution >= 0.6 is 0 Å². The zero-order valence-electron chi connectivity index (χ0n) is 18.0. The van der Waals surface area contributed by atoms with Gasteiger partial charge in [0.1, 0.15) is 6.04 Å². The predicted molar refractivity (Wildman–Crippen MR) is 115 cm³/mol. The summed E-state index contributed by atoms with van der Waals surface area (Å²) in [6.45, 7) is 8.11. The fourth-order valence-corrected chi connectivity index (χ4v) is 4.76. The molecule has 2 saturated heterocycles. The lowest BCUT2D eigenvalue weighted by atomic mass is 10.0. The molecule has 0 unspecified atom stereocenters. The standard InChI is InChI=1S/C22H28N6O3/c1-14-10-15(2)19-16(11-14)12-18(22(29)23-19)20(27-5-8-30-9-6-27)21-24-25-26-28(21)13-17-4-3-7-31-17/h10-12,17,20H,3-9,13H2,1-2H3,(H,23,29)/t17-,20+/m0/s1. The topological polar surface area (TPSA) is 98.2 Å². The van der Waals surface area contributed by atoms with Crippen LogP contribution in [0.4, 0.5) is 0 Å². The second kappa shape index (κ2) is 8.49. The van der Waals surface area contributed by atoms with Crippen LogP contribution in [0, 0.1) is 13.8 Å². The average Bonchev–Trinajstić information content (AvgIpc) is 3.43. The highest BCUT2D eigenvalue weighted by Gasteiger charge is 2.32. The first-order chi connectivity index (χ1) is 15.1. The number of aromatic amines is 1. The third kappa shape index (κ3) is 4.00. The SMILES string of the molecule is Cc1cc(C)c2[nH]c(=O)c([C@H](c3nnnn3C[C@@H]3CCCO3)N3CCOCC3)cc2c1. The van der Waals surface area contributed by atoms with Gasteiger partial charge in [0.05, 0.1) is 31.4 Å². The van der Waals surface area contributed by atoms with E-state index in [9.17, 15) is 4.79 Å². The fraction of sp³-hybridized carbons (Fsp3) is 0.545. The smallest absolute Gasteiger partial charge is 0.253 e. The zero-order chi connectivity index (χ0) is 21.4. The van der Waals surface area contributed by atoms with Gasteiger partial charge >= 0.3 is 0 Å². The van der Waals surface area contributed by atoms with Crippen LogP contribution < -0.4 is 5.56 Å². The summed E-state index contributed by atoms with van der Waals surface area (Å²) in [5.41, 5.74) is 3.64. The number of benzene rings is 1. The lowest BCUT2D eigenvalue weighted by molar-refractivity contribution is 0.0205. The maximum atomic E-state index is 13.3. The van der Waals surface area contributed by atoms with Crippen molar-refractivity contribution in [3.8, 4) is 0 Å². The molecule has 2 aromatic heterocycles. The minimum atomic E-state index is -0.353. The Morgan fingerprint density at radius 2 is 2.03 bits per heavy atom. The van der Waals surface area contributed by atoms with Gasteiger partial charge in [-0.25, -0.2) is 4.68 Å². The first kappa shape index (κ1) is 20.3. The first-order valence-corrected chi connectivity index (χ1v) is 10.9. The summed E-state index contributed by atoms with van der Waals surface area (Å²) in [7, 11) is 0. The molecule has 9 nitrogen and oxygen atoms in total. The van der Waals surface area contributed by atoms with E-state index in [0.717, 1.165) is 41.5 Å². The lowest BCUT2D eigenvalue weighted by Crippen LogP contribution is -2.42. The molecular weight excluding hydrogens is 396 g/mol. The number of hydrogen-bond donors (Lipinski definition) is 1. The summed E-state index contributed by atoms with van der Waals surface area (Å²) >= 11 is 0. The van der Waals surface area contributed by atoms with Crippen molar-refractivity contribution in [3.63, 3.8) is 0 Å². The third-order valence-electron chi connectivity index (χ3n) is 6.23. The van der Waals surface area contributed by atoms with Gasteiger partial charge < -0.3 is 14.5 Å². The zero-order valence-corrected chi connectivity index (χ0v) is 18.0. The van der Waals surface area contributed by atoms with Gasteiger partial charge in [-0.05, 0) is 60.2 Å². The van der Waals surface area contributed by atoms with E-state index >= 15 is 0 Å². The molecule has 5 rings (SSSR count). The van der Waals surface area contributed by atoms with Crippen molar-refractivity contribution in [2.24, 2.45) is 0 Å². The summed E-state index contributed by atoms with van der Waals surface area (Å²) in [4.78, 5) is 18.6. The molecular formula is C22H28N6O3. The number of nitrogens with one attached hydrogen (secondary N) is 1. The normalized spacial score (nSPS) is 21.0. The van der Waals surface area contributed by atoms with Gasteiger partial charge in [-0.2, -0.15) is 0 Å². The van der Waals surface area contributed by atoms with Gasteiger partial charge in [0.25, 0.3) is 5.56 Å². The number of pyridine rings is 1. The Bertz CT molecular complexity index is 1130. The molecule has 4 heterocycles. The Morgan fingerprint density at radius 3 is 2.81 bits per heavy atom. The van der Waals surface area contributed by atoms with Crippen molar-refractivity contribution in [3.05, 3.63) is 51.1 Å². The maximum absolute atomic E-state index is 13.3. The summed E-state index contributed by atoms with van der Waals surface area (Å²) in [5, 5.41) is 13.6. The van der Waals surface area contributed by atoms with Gasteiger partial charge in [0.2, 0.25) is 0 Å². The summed E-state index contributed by atoms with van der Waals surface area (Å²) < 4.78 is 13.2. The predicted octanol–water partition coefficient (Wildman–Crippen LogP) is 1.73. The van der Waals surface area contributed by atoms with Crippen molar-refractivity contribution in [2.75, 3.05) is 32.9 Å². The number of hydrogen-bond acceptors (Lipinski definition) is 7. The van der Waals surface area contributed by atoms with Gasteiger partial charge in [-0.3, -0.25) is 9.69 Å². The highest BCUT2D eigenvalue weighted by atomic mass is 16.5. The molecule has 2 atom stereocenters. The molecule has 0 aliphatic carbocycles. The number of ether oxygens (including phenoxy) is 2. The van der Waals surface area contributed by atoms with E-state index in [1.165, 1.54) is 0 Å². The second-order valence-corrected chi connectivity index (χ2v) is 8.50. The Kier molecular flexibility index (Phi) is 5.56. The third-order valence-corrected chi connectivity index (χ3v) is 6.23. The summed E-state index contributed by atoms with van der Waals surface area (Å²) in [6, 6.07) is 5.83. The Hall–Kier alpha value is -2.62. The van der Waals surface area contributed by atoms with Crippen molar-refractivity contribution in [1.29, 1.82) is 0 Å². The van der Waals surface area contributed by atoms with Crippen molar-refractivity contribution in [2.45, 2.75) is 45.4 Å². The van der Waals surface area contributed by atoms with Crippen molar-refractivity contribution in [1.82, 2.24) is 30.1 Å². The number of rotatable bonds is 5. The van der Waals surface area contributed by atoms with Gasteiger partial charge in [0.15, 0.2) is 5.82 Å². The molecule has 164 valence electrons. The summed E-state index contributed by atoms with van der Waals surface area (Å²) in [6.07, 6.45) is 2.15. The highest BCUT2D eigenvalue weighted by molar-refractivity contribution is 5.83. The second-order valence-electron chi connectivity index (χ2n) is 8.50. The van der Waals surface area contributed by atoms with Crippen LogP contribution in [0.15, 0.2) is 23.0 Å². The average molecular weight is 425 g/mol. The summed E-state index contributed by atoms with van der Waals surface area (Å²) in [5.74, 6) is 0.673. The maximum Gasteiger partial charge on any atom is 0.253 e. The Morgan fingerprint density at radius 1 is 1.19 bits per heavy atom. The largest absolute Gasteiger partial charge is 0.379 e. The Balaban J connectivity index is 1.62. The van der Waals surface area contributed by atoms with Crippen LogP contribution in [0.25, 0.3) is 10.9 Å². The van der Waals surface area contributed by atoms with Gasteiger partial charge in [-0.1, -0.05) is 11.6 Å². The molecule has 0 radical (unpaired) electrons. The highest BCUT2D eigenvalue weighted by Crippen LogP contribution is 2.29. The molecule has 9 heteroatoms. The van der Waals surface area contributed by atoms with Crippen LogP contribution in [0.3, 0.4) is 0 Å². The number of aryl methyl sites for hydroxylation is 2.